The first kappa shape index (κ1) is 24.1. The molecule has 0 radical (unpaired) electrons. The molecule has 0 spiro atoms. The number of furan rings is 1. The Morgan fingerprint density at radius 1 is 0.971 bits per heavy atom. The Balaban J connectivity index is 1.29. The van der Waals surface area contributed by atoms with Gasteiger partial charge in [-0.05, 0) is 36.8 Å². The lowest BCUT2D eigenvalue weighted by molar-refractivity contribution is -0.136. The summed E-state index contributed by atoms with van der Waals surface area (Å²) in [5.74, 6) is -2.05. The summed E-state index contributed by atoms with van der Waals surface area (Å²) in [5, 5.41) is 0. The van der Waals surface area contributed by atoms with Crippen LogP contribution in [0.5, 0.6) is 0 Å². The molecule has 2 aliphatic heterocycles. The standard InChI is InChI=1S/C24H25N3O8/c1-33-12-3-7-27-21(29)17-6-5-16(14-18(17)22(27)30)24(32)35-15-20(28)25-8-10-26(11-9-25)23(31)19-4-2-13-34-19/h2,4-6,13-14H,3,7-12,15H2,1H3. The molecule has 184 valence electrons. The Bertz CT molecular complexity index is 1140. The van der Waals surface area contributed by atoms with Crippen LogP contribution < -0.4 is 0 Å². The minimum Gasteiger partial charge on any atom is -0.459 e. The number of fused-ring (bicyclic) bond motifs is 1. The van der Waals surface area contributed by atoms with Crippen LogP contribution in [0.3, 0.4) is 0 Å². The van der Waals surface area contributed by atoms with Crippen LogP contribution in [-0.2, 0) is 14.3 Å². The van der Waals surface area contributed by atoms with Gasteiger partial charge in [0, 0.05) is 46.4 Å². The van der Waals surface area contributed by atoms with Gasteiger partial charge in [-0.1, -0.05) is 0 Å². The van der Waals surface area contributed by atoms with Crippen molar-refractivity contribution in [2.24, 2.45) is 0 Å². The summed E-state index contributed by atoms with van der Waals surface area (Å²) in [7, 11) is 1.54. The minimum atomic E-state index is -0.772. The molecule has 0 N–H and O–H groups in total. The molecule has 35 heavy (non-hydrogen) atoms. The first-order chi connectivity index (χ1) is 16.9. The lowest BCUT2D eigenvalue weighted by atomic mass is 10.1. The smallest absolute Gasteiger partial charge is 0.338 e. The van der Waals surface area contributed by atoms with E-state index < -0.39 is 24.4 Å². The van der Waals surface area contributed by atoms with Crippen molar-refractivity contribution >= 4 is 29.6 Å². The van der Waals surface area contributed by atoms with E-state index in [2.05, 4.69) is 0 Å². The van der Waals surface area contributed by atoms with Gasteiger partial charge in [0.2, 0.25) is 0 Å². The second-order valence-corrected chi connectivity index (χ2v) is 8.10. The second-order valence-electron chi connectivity index (χ2n) is 8.10. The Hall–Kier alpha value is -3.99. The van der Waals surface area contributed by atoms with Gasteiger partial charge in [-0.2, -0.15) is 0 Å². The SMILES string of the molecule is COCCCN1C(=O)c2ccc(C(=O)OCC(=O)N3CCN(C(=O)c4ccco4)CC3)cc2C1=O. The molecule has 1 aromatic heterocycles. The zero-order valence-corrected chi connectivity index (χ0v) is 19.2. The topological polar surface area (TPSA) is 127 Å². The average molecular weight is 483 g/mol. The molecule has 11 nitrogen and oxygen atoms in total. The molecular weight excluding hydrogens is 458 g/mol. The number of hydrogen-bond donors (Lipinski definition) is 0. The highest BCUT2D eigenvalue weighted by Crippen LogP contribution is 2.24. The summed E-state index contributed by atoms with van der Waals surface area (Å²) < 4.78 is 15.2. The molecule has 2 aromatic rings. The molecule has 2 aliphatic rings. The maximum absolute atomic E-state index is 12.6. The van der Waals surface area contributed by atoms with Gasteiger partial charge in [0.05, 0.1) is 23.0 Å². The van der Waals surface area contributed by atoms with E-state index in [9.17, 15) is 24.0 Å². The van der Waals surface area contributed by atoms with Gasteiger partial charge in [0.25, 0.3) is 23.6 Å². The third-order valence-corrected chi connectivity index (χ3v) is 5.91. The van der Waals surface area contributed by atoms with Crippen LogP contribution in [0.15, 0.2) is 41.0 Å². The Labute approximate surface area is 201 Å². The molecule has 1 fully saturated rings. The van der Waals surface area contributed by atoms with Gasteiger partial charge < -0.3 is 23.7 Å². The lowest BCUT2D eigenvalue weighted by Gasteiger charge is -2.34. The summed E-state index contributed by atoms with van der Waals surface area (Å²) in [6, 6.07) is 7.35. The number of benzene rings is 1. The van der Waals surface area contributed by atoms with E-state index in [0.717, 1.165) is 4.90 Å². The first-order valence-electron chi connectivity index (χ1n) is 11.2. The molecule has 0 atom stereocenters. The molecule has 4 rings (SSSR count). The molecule has 3 heterocycles. The third kappa shape index (κ3) is 5.09. The van der Waals surface area contributed by atoms with E-state index in [1.807, 2.05) is 0 Å². The van der Waals surface area contributed by atoms with Crippen LogP contribution in [0, 0.1) is 0 Å². The number of methoxy groups -OCH3 is 1. The number of hydrogen-bond acceptors (Lipinski definition) is 8. The van der Waals surface area contributed by atoms with E-state index in [4.69, 9.17) is 13.9 Å². The van der Waals surface area contributed by atoms with Crippen molar-refractivity contribution in [2.75, 3.05) is 53.0 Å². The highest BCUT2D eigenvalue weighted by molar-refractivity contribution is 6.22. The fourth-order valence-corrected chi connectivity index (χ4v) is 4.00. The van der Waals surface area contributed by atoms with Crippen molar-refractivity contribution in [3.05, 3.63) is 59.0 Å². The summed E-state index contributed by atoms with van der Waals surface area (Å²) >= 11 is 0. The lowest BCUT2D eigenvalue weighted by Crippen LogP contribution is -2.51. The quantitative estimate of drug-likeness (QED) is 0.310. The van der Waals surface area contributed by atoms with Crippen molar-refractivity contribution in [2.45, 2.75) is 6.42 Å². The molecule has 0 aliphatic carbocycles. The highest BCUT2D eigenvalue weighted by atomic mass is 16.5. The molecule has 4 amide bonds. The molecular formula is C24H25N3O8. The van der Waals surface area contributed by atoms with Gasteiger partial charge >= 0.3 is 5.97 Å². The van der Waals surface area contributed by atoms with Crippen LogP contribution >= 0.6 is 0 Å². The van der Waals surface area contributed by atoms with E-state index in [0.29, 0.717) is 39.2 Å². The number of nitrogens with zero attached hydrogens (tertiary/aromatic N) is 3. The average Bonchev–Trinajstić information content (AvgIpc) is 3.50. The Morgan fingerprint density at radius 2 is 1.69 bits per heavy atom. The van der Waals surface area contributed by atoms with Crippen molar-refractivity contribution in [1.29, 1.82) is 0 Å². The van der Waals surface area contributed by atoms with Crippen LogP contribution in [-0.4, -0.2) is 97.3 Å². The van der Waals surface area contributed by atoms with Gasteiger partial charge in [-0.3, -0.25) is 24.1 Å². The second kappa shape index (κ2) is 10.5. The number of carbonyl (C=O) groups is 5. The number of ether oxygens (including phenoxy) is 2. The predicted molar refractivity (Wildman–Crippen MR) is 120 cm³/mol. The summed E-state index contributed by atoms with van der Waals surface area (Å²) in [5.41, 5.74) is 0.429. The zero-order valence-electron chi connectivity index (χ0n) is 19.2. The van der Waals surface area contributed by atoms with Gasteiger partial charge in [0.1, 0.15) is 0 Å². The third-order valence-electron chi connectivity index (χ3n) is 5.91. The number of imide groups is 1. The van der Waals surface area contributed by atoms with E-state index >= 15 is 0 Å². The first-order valence-corrected chi connectivity index (χ1v) is 11.2. The van der Waals surface area contributed by atoms with E-state index in [1.54, 1.807) is 17.0 Å². The largest absolute Gasteiger partial charge is 0.459 e. The predicted octanol–water partition coefficient (Wildman–Crippen LogP) is 1.05. The maximum Gasteiger partial charge on any atom is 0.338 e. The number of rotatable bonds is 8. The molecule has 0 saturated carbocycles. The highest BCUT2D eigenvalue weighted by Gasteiger charge is 2.36. The maximum atomic E-state index is 12.6. The zero-order chi connectivity index (χ0) is 24.9. The van der Waals surface area contributed by atoms with E-state index in [1.165, 1.54) is 36.5 Å². The monoisotopic (exact) mass is 483 g/mol. The summed E-state index contributed by atoms with van der Waals surface area (Å²) in [4.78, 5) is 66.6. The summed E-state index contributed by atoms with van der Waals surface area (Å²) in [6.45, 7) is 1.43. The van der Waals surface area contributed by atoms with Gasteiger partial charge in [-0.15, -0.1) is 0 Å². The van der Waals surface area contributed by atoms with Crippen LogP contribution in [0.2, 0.25) is 0 Å². The molecule has 0 unspecified atom stereocenters. The van der Waals surface area contributed by atoms with Crippen LogP contribution in [0.25, 0.3) is 0 Å². The van der Waals surface area contributed by atoms with Crippen molar-refractivity contribution in [3.8, 4) is 0 Å². The minimum absolute atomic E-state index is 0.0744. The fourth-order valence-electron chi connectivity index (χ4n) is 4.00. The number of piperazine rings is 1. The van der Waals surface area contributed by atoms with E-state index in [-0.39, 0.29) is 40.8 Å². The van der Waals surface area contributed by atoms with Crippen molar-refractivity contribution in [3.63, 3.8) is 0 Å². The fraction of sp³-hybridized carbons (Fsp3) is 0.375. The molecule has 1 saturated heterocycles. The molecule has 11 heteroatoms. The normalized spacial score (nSPS) is 15.4. The van der Waals surface area contributed by atoms with Gasteiger partial charge in [0.15, 0.2) is 12.4 Å². The van der Waals surface area contributed by atoms with Crippen molar-refractivity contribution < 1.29 is 37.9 Å². The number of esters is 1. The summed E-state index contributed by atoms with van der Waals surface area (Å²) in [6.07, 6.45) is 1.93. The molecule has 0 bridgehead atoms. The Kier molecular flexibility index (Phi) is 7.25. The van der Waals surface area contributed by atoms with Gasteiger partial charge in [-0.25, -0.2) is 4.79 Å². The van der Waals surface area contributed by atoms with Crippen LogP contribution in [0.1, 0.15) is 48.0 Å². The number of carbonyl (C=O) groups excluding carboxylic acids is 5. The van der Waals surface area contributed by atoms with Crippen molar-refractivity contribution in [1.82, 2.24) is 14.7 Å². The van der Waals surface area contributed by atoms with Crippen LogP contribution in [0.4, 0.5) is 0 Å². The number of amides is 4. The molecule has 1 aromatic carbocycles. The Morgan fingerprint density at radius 3 is 2.37 bits per heavy atom.